The summed E-state index contributed by atoms with van der Waals surface area (Å²) in [6.07, 6.45) is 1.95. The van der Waals surface area contributed by atoms with E-state index in [0.29, 0.717) is 11.4 Å². The second kappa shape index (κ2) is 3.72. The van der Waals surface area contributed by atoms with Crippen molar-refractivity contribution in [3.05, 3.63) is 23.4 Å². The highest BCUT2D eigenvalue weighted by molar-refractivity contribution is 5.48. The Kier molecular flexibility index (Phi) is 2.65. The zero-order valence-corrected chi connectivity index (χ0v) is 7.04. The SMILES string of the molecule is CCCc1ccc(C#N)c(N)n1. The smallest absolute Gasteiger partial charge is 0.141 e. The van der Waals surface area contributed by atoms with Gasteiger partial charge in [0.05, 0.1) is 5.56 Å². The Morgan fingerprint density at radius 2 is 2.33 bits per heavy atom. The molecule has 0 aliphatic rings. The van der Waals surface area contributed by atoms with E-state index in [4.69, 9.17) is 11.0 Å². The van der Waals surface area contributed by atoms with Crippen molar-refractivity contribution < 1.29 is 0 Å². The van der Waals surface area contributed by atoms with Gasteiger partial charge >= 0.3 is 0 Å². The third-order valence-electron chi connectivity index (χ3n) is 1.61. The van der Waals surface area contributed by atoms with Gasteiger partial charge < -0.3 is 5.73 Å². The normalized spacial score (nSPS) is 9.33. The Balaban J connectivity index is 2.96. The van der Waals surface area contributed by atoms with Crippen LogP contribution in [0.25, 0.3) is 0 Å². The van der Waals surface area contributed by atoms with Crippen LogP contribution in [0.1, 0.15) is 24.6 Å². The van der Waals surface area contributed by atoms with Crippen molar-refractivity contribution in [2.45, 2.75) is 19.8 Å². The van der Waals surface area contributed by atoms with Crippen molar-refractivity contribution in [2.24, 2.45) is 0 Å². The summed E-state index contributed by atoms with van der Waals surface area (Å²) in [6, 6.07) is 5.54. The minimum absolute atomic E-state index is 0.337. The van der Waals surface area contributed by atoms with Crippen LogP contribution < -0.4 is 5.73 Å². The third kappa shape index (κ3) is 1.73. The van der Waals surface area contributed by atoms with Crippen LogP contribution in [-0.4, -0.2) is 4.98 Å². The molecule has 0 atom stereocenters. The van der Waals surface area contributed by atoms with Crippen LogP contribution in [0.15, 0.2) is 12.1 Å². The number of hydrogen-bond acceptors (Lipinski definition) is 3. The number of pyridine rings is 1. The molecule has 0 aromatic carbocycles. The van der Waals surface area contributed by atoms with E-state index in [1.807, 2.05) is 12.1 Å². The van der Waals surface area contributed by atoms with Crippen molar-refractivity contribution in [3.63, 3.8) is 0 Å². The van der Waals surface area contributed by atoms with Crippen LogP contribution in [0.2, 0.25) is 0 Å². The maximum atomic E-state index is 8.57. The van der Waals surface area contributed by atoms with Crippen molar-refractivity contribution in [2.75, 3.05) is 5.73 Å². The van der Waals surface area contributed by atoms with Gasteiger partial charge in [-0.3, -0.25) is 0 Å². The van der Waals surface area contributed by atoms with E-state index in [9.17, 15) is 0 Å². The fourth-order valence-corrected chi connectivity index (χ4v) is 1.01. The van der Waals surface area contributed by atoms with Gasteiger partial charge in [0.1, 0.15) is 11.9 Å². The first kappa shape index (κ1) is 8.54. The lowest BCUT2D eigenvalue weighted by molar-refractivity contribution is 0.884. The molecule has 1 rings (SSSR count). The van der Waals surface area contributed by atoms with Crippen LogP contribution in [0.3, 0.4) is 0 Å². The highest BCUT2D eigenvalue weighted by atomic mass is 14.8. The molecule has 0 aliphatic heterocycles. The molecule has 0 saturated heterocycles. The topological polar surface area (TPSA) is 62.7 Å². The van der Waals surface area contributed by atoms with Gasteiger partial charge in [-0.05, 0) is 18.6 Å². The van der Waals surface area contributed by atoms with Crippen LogP contribution in [0.5, 0.6) is 0 Å². The maximum absolute atomic E-state index is 8.57. The van der Waals surface area contributed by atoms with Crippen LogP contribution in [-0.2, 0) is 6.42 Å². The number of aromatic nitrogens is 1. The van der Waals surface area contributed by atoms with Gasteiger partial charge in [0.2, 0.25) is 0 Å². The van der Waals surface area contributed by atoms with E-state index >= 15 is 0 Å². The molecular weight excluding hydrogens is 150 g/mol. The molecular formula is C9H11N3. The number of aryl methyl sites for hydroxylation is 1. The third-order valence-corrected chi connectivity index (χ3v) is 1.61. The number of nitrogens with two attached hydrogens (primary N) is 1. The molecule has 1 heterocycles. The second-order valence-corrected chi connectivity index (χ2v) is 2.60. The lowest BCUT2D eigenvalue weighted by Crippen LogP contribution is -1.98. The van der Waals surface area contributed by atoms with Gasteiger partial charge in [-0.15, -0.1) is 0 Å². The number of anilines is 1. The highest BCUT2D eigenvalue weighted by Gasteiger charge is 1.99. The summed E-state index contributed by atoms with van der Waals surface area (Å²) in [6.45, 7) is 2.08. The van der Waals surface area contributed by atoms with Crippen molar-refractivity contribution >= 4 is 5.82 Å². The Morgan fingerprint density at radius 3 is 2.83 bits per heavy atom. The average Bonchev–Trinajstić information content (AvgIpc) is 2.05. The molecule has 0 spiro atoms. The molecule has 12 heavy (non-hydrogen) atoms. The minimum Gasteiger partial charge on any atom is -0.383 e. The molecule has 2 N–H and O–H groups in total. The van der Waals surface area contributed by atoms with E-state index in [2.05, 4.69) is 11.9 Å². The van der Waals surface area contributed by atoms with Crippen molar-refractivity contribution in [3.8, 4) is 6.07 Å². The largest absolute Gasteiger partial charge is 0.383 e. The molecule has 0 unspecified atom stereocenters. The van der Waals surface area contributed by atoms with Crippen LogP contribution >= 0.6 is 0 Å². The maximum Gasteiger partial charge on any atom is 0.141 e. The molecule has 0 amide bonds. The van der Waals surface area contributed by atoms with Crippen molar-refractivity contribution in [1.29, 1.82) is 5.26 Å². The molecule has 1 aromatic rings. The average molecular weight is 161 g/mol. The first-order chi connectivity index (χ1) is 5.77. The predicted octanol–water partition coefficient (Wildman–Crippen LogP) is 1.49. The quantitative estimate of drug-likeness (QED) is 0.714. The summed E-state index contributed by atoms with van der Waals surface area (Å²) in [5, 5.41) is 8.57. The van der Waals surface area contributed by atoms with E-state index in [1.165, 1.54) is 0 Å². The van der Waals surface area contributed by atoms with E-state index in [1.54, 1.807) is 6.07 Å². The molecule has 62 valence electrons. The van der Waals surface area contributed by atoms with Gasteiger partial charge in [0.25, 0.3) is 0 Å². The zero-order valence-electron chi connectivity index (χ0n) is 7.04. The van der Waals surface area contributed by atoms with Crippen LogP contribution in [0, 0.1) is 11.3 Å². The summed E-state index contributed by atoms with van der Waals surface area (Å²) >= 11 is 0. The first-order valence-corrected chi connectivity index (χ1v) is 3.93. The fourth-order valence-electron chi connectivity index (χ4n) is 1.01. The summed E-state index contributed by atoms with van der Waals surface area (Å²) in [4.78, 5) is 4.09. The number of nitrogen functional groups attached to an aromatic ring is 1. The molecule has 3 nitrogen and oxygen atoms in total. The van der Waals surface area contributed by atoms with Gasteiger partial charge in [-0.2, -0.15) is 5.26 Å². The molecule has 0 fully saturated rings. The second-order valence-electron chi connectivity index (χ2n) is 2.60. The van der Waals surface area contributed by atoms with E-state index < -0.39 is 0 Å². The zero-order chi connectivity index (χ0) is 8.97. The van der Waals surface area contributed by atoms with E-state index in [-0.39, 0.29) is 0 Å². The van der Waals surface area contributed by atoms with E-state index in [0.717, 1.165) is 18.5 Å². The molecule has 0 radical (unpaired) electrons. The number of hydrogen-bond donors (Lipinski definition) is 1. The van der Waals surface area contributed by atoms with Gasteiger partial charge in [0.15, 0.2) is 0 Å². The Labute approximate surface area is 71.8 Å². The van der Waals surface area contributed by atoms with Gasteiger partial charge in [0, 0.05) is 5.69 Å². The molecule has 1 aromatic heterocycles. The number of rotatable bonds is 2. The highest BCUT2D eigenvalue weighted by Crippen LogP contribution is 2.09. The summed E-state index contributed by atoms with van der Waals surface area (Å²) in [5.74, 6) is 0.337. The Morgan fingerprint density at radius 1 is 1.58 bits per heavy atom. The molecule has 0 bridgehead atoms. The number of nitrogens with zero attached hydrogens (tertiary/aromatic N) is 2. The Hall–Kier alpha value is -1.56. The Bertz CT molecular complexity index is 312. The summed E-state index contributed by atoms with van der Waals surface area (Å²) in [5.41, 5.74) is 6.93. The van der Waals surface area contributed by atoms with Gasteiger partial charge in [-0.1, -0.05) is 13.3 Å². The summed E-state index contributed by atoms with van der Waals surface area (Å²) in [7, 11) is 0. The standard InChI is InChI=1S/C9H11N3/c1-2-3-8-5-4-7(6-10)9(11)12-8/h4-5H,2-3H2,1H3,(H2,11,12). The number of nitriles is 1. The van der Waals surface area contributed by atoms with Gasteiger partial charge in [-0.25, -0.2) is 4.98 Å². The molecule has 3 heteroatoms. The molecule has 0 aliphatic carbocycles. The predicted molar refractivity (Wildman–Crippen MR) is 47.4 cm³/mol. The monoisotopic (exact) mass is 161 g/mol. The lowest BCUT2D eigenvalue weighted by Gasteiger charge is -1.99. The van der Waals surface area contributed by atoms with Crippen LogP contribution in [0.4, 0.5) is 5.82 Å². The fraction of sp³-hybridized carbons (Fsp3) is 0.333. The molecule has 0 saturated carbocycles. The lowest BCUT2D eigenvalue weighted by atomic mass is 10.2. The summed E-state index contributed by atoms with van der Waals surface area (Å²) < 4.78 is 0. The van der Waals surface area contributed by atoms with Crippen molar-refractivity contribution in [1.82, 2.24) is 4.98 Å². The minimum atomic E-state index is 0.337. The first-order valence-electron chi connectivity index (χ1n) is 3.93.